The molecule has 0 spiro atoms. The molecular weight excluding hydrogens is 328 g/mol. The number of aromatic hydroxyl groups is 2. The Labute approximate surface area is 131 Å². The van der Waals surface area contributed by atoms with Crippen LogP contribution in [-0.4, -0.2) is 42.8 Å². The number of hydrogen-bond acceptors (Lipinski definition) is 9. The summed E-state index contributed by atoms with van der Waals surface area (Å²) in [6.45, 7) is 0. The van der Waals surface area contributed by atoms with Crippen LogP contribution < -0.4 is 19.9 Å². The lowest BCUT2D eigenvalue weighted by molar-refractivity contribution is 0.353. The quantitative estimate of drug-likeness (QED) is 0.340. The first-order valence-corrected chi connectivity index (χ1v) is 7.56. The van der Waals surface area contributed by atoms with Crippen molar-refractivity contribution in [3.63, 3.8) is 0 Å². The van der Waals surface area contributed by atoms with Crippen LogP contribution in [0.1, 0.15) is 0 Å². The molecular formula is C12H14N4O6S. The van der Waals surface area contributed by atoms with Gasteiger partial charge in [-0.15, -0.1) is 0 Å². The van der Waals surface area contributed by atoms with Crippen LogP contribution >= 0.6 is 0 Å². The van der Waals surface area contributed by atoms with Crippen molar-refractivity contribution in [1.29, 1.82) is 0 Å². The molecule has 0 aliphatic heterocycles. The molecule has 11 heteroatoms. The number of aromatic nitrogens is 2. The van der Waals surface area contributed by atoms with Gasteiger partial charge in [0.15, 0.2) is 5.82 Å². The normalized spacial score (nSPS) is 11.0. The minimum absolute atomic E-state index is 0.0684. The number of nitrogens with zero attached hydrogens (tertiary/aromatic N) is 2. The van der Waals surface area contributed by atoms with E-state index >= 15 is 0 Å². The SMILES string of the molecule is COc1cc(NS(=O)(=O)c2cc(O)c(N)cc2O)nc(OC)n1. The largest absolute Gasteiger partial charge is 0.506 e. The molecule has 1 heterocycles. The highest BCUT2D eigenvalue weighted by Gasteiger charge is 2.22. The minimum Gasteiger partial charge on any atom is -0.506 e. The Bertz CT molecular complexity index is 817. The Balaban J connectivity index is 2.44. The lowest BCUT2D eigenvalue weighted by atomic mass is 10.3. The Kier molecular flexibility index (Phi) is 4.31. The Morgan fingerprint density at radius 2 is 1.78 bits per heavy atom. The molecule has 2 rings (SSSR count). The van der Waals surface area contributed by atoms with Gasteiger partial charge in [0.1, 0.15) is 16.4 Å². The van der Waals surface area contributed by atoms with Crippen molar-refractivity contribution in [2.75, 3.05) is 24.7 Å². The number of nitrogens with two attached hydrogens (primary N) is 1. The Morgan fingerprint density at radius 3 is 2.39 bits per heavy atom. The highest BCUT2D eigenvalue weighted by Crippen LogP contribution is 2.33. The monoisotopic (exact) mass is 342 g/mol. The molecule has 0 saturated carbocycles. The van der Waals surface area contributed by atoms with Gasteiger partial charge < -0.3 is 25.4 Å². The molecule has 0 saturated heterocycles. The van der Waals surface area contributed by atoms with Crippen LogP contribution in [0.3, 0.4) is 0 Å². The Hall–Kier alpha value is -2.95. The molecule has 0 atom stereocenters. The maximum atomic E-state index is 12.3. The summed E-state index contributed by atoms with van der Waals surface area (Å²) in [5, 5.41) is 19.3. The number of nitrogen functional groups attached to an aromatic ring is 1. The van der Waals surface area contributed by atoms with E-state index in [1.165, 1.54) is 20.3 Å². The summed E-state index contributed by atoms with van der Waals surface area (Å²) in [6.07, 6.45) is 0. The Morgan fingerprint density at radius 1 is 1.09 bits per heavy atom. The van der Waals surface area contributed by atoms with Crippen LogP contribution in [0.25, 0.3) is 0 Å². The summed E-state index contributed by atoms with van der Waals surface area (Å²) in [4.78, 5) is 7.06. The first-order chi connectivity index (χ1) is 10.8. The molecule has 0 fully saturated rings. The minimum atomic E-state index is -4.25. The van der Waals surface area contributed by atoms with Gasteiger partial charge in [0.25, 0.3) is 10.0 Å². The van der Waals surface area contributed by atoms with E-state index < -0.39 is 26.4 Å². The van der Waals surface area contributed by atoms with Crippen LogP contribution in [0.4, 0.5) is 11.5 Å². The second kappa shape index (κ2) is 6.04. The molecule has 1 aromatic heterocycles. The van der Waals surface area contributed by atoms with Crippen molar-refractivity contribution in [3.8, 4) is 23.4 Å². The third-order valence-electron chi connectivity index (χ3n) is 2.71. The lowest BCUT2D eigenvalue weighted by Crippen LogP contribution is -2.15. The second-order valence-electron chi connectivity index (χ2n) is 4.27. The average molecular weight is 342 g/mol. The summed E-state index contributed by atoms with van der Waals surface area (Å²) in [5.74, 6) is -1.19. The van der Waals surface area contributed by atoms with Crippen molar-refractivity contribution in [2.24, 2.45) is 0 Å². The zero-order chi connectivity index (χ0) is 17.2. The number of phenols is 2. The number of benzene rings is 1. The fourth-order valence-corrected chi connectivity index (χ4v) is 2.72. The smallest absolute Gasteiger partial charge is 0.321 e. The number of sulfonamides is 1. The maximum Gasteiger partial charge on any atom is 0.321 e. The molecule has 0 radical (unpaired) electrons. The molecule has 10 nitrogen and oxygen atoms in total. The highest BCUT2D eigenvalue weighted by molar-refractivity contribution is 7.92. The number of methoxy groups -OCH3 is 2. The molecule has 23 heavy (non-hydrogen) atoms. The number of phenolic OH excluding ortho intramolecular Hbond substituents is 2. The summed E-state index contributed by atoms with van der Waals surface area (Å²) in [6, 6.07) is 2.84. The number of nitrogens with one attached hydrogen (secondary N) is 1. The molecule has 0 amide bonds. The maximum absolute atomic E-state index is 12.3. The van der Waals surface area contributed by atoms with Gasteiger partial charge in [0.05, 0.1) is 19.9 Å². The second-order valence-corrected chi connectivity index (χ2v) is 5.92. The number of hydrogen-bond donors (Lipinski definition) is 4. The van der Waals surface area contributed by atoms with Gasteiger partial charge in [0, 0.05) is 18.2 Å². The lowest BCUT2D eigenvalue weighted by Gasteiger charge is -2.11. The predicted octanol–water partition coefficient (Wildman–Crippen LogP) is 0.288. The fraction of sp³-hybridized carbons (Fsp3) is 0.167. The van der Waals surface area contributed by atoms with E-state index in [0.717, 1.165) is 12.1 Å². The molecule has 2 aromatic rings. The molecule has 1 aromatic carbocycles. The molecule has 0 aliphatic rings. The van der Waals surface area contributed by atoms with Crippen molar-refractivity contribution in [1.82, 2.24) is 9.97 Å². The summed E-state index contributed by atoms with van der Waals surface area (Å²) < 4.78 is 36.5. The first kappa shape index (κ1) is 16.4. The van der Waals surface area contributed by atoms with E-state index in [9.17, 15) is 18.6 Å². The average Bonchev–Trinajstić information content (AvgIpc) is 2.49. The van der Waals surface area contributed by atoms with Gasteiger partial charge >= 0.3 is 6.01 Å². The highest BCUT2D eigenvalue weighted by atomic mass is 32.2. The van der Waals surface area contributed by atoms with E-state index in [0.29, 0.717) is 0 Å². The van der Waals surface area contributed by atoms with Crippen LogP contribution in [0.15, 0.2) is 23.1 Å². The fourth-order valence-electron chi connectivity index (χ4n) is 1.63. The van der Waals surface area contributed by atoms with Crippen molar-refractivity contribution in [2.45, 2.75) is 4.90 Å². The van der Waals surface area contributed by atoms with Crippen molar-refractivity contribution >= 4 is 21.5 Å². The molecule has 0 bridgehead atoms. The summed E-state index contributed by atoms with van der Waals surface area (Å²) in [5.41, 5.74) is 5.22. The third-order valence-corrected chi connectivity index (χ3v) is 4.09. The van der Waals surface area contributed by atoms with Crippen molar-refractivity contribution < 1.29 is 28.1 Å². The van der Waals surface area contributed by atoms with E-state index in [1.807, 2.05) is 0 Å². The van der Waals surface area contributed by atoms with Gasteiger partial charge in [-0.25, -0.2) is 8.42 Å². The summed E-state index contributed by atoms with van der Waals surface area (Å²) in [7, 11) is -1.61. The standard InChI is InChI=1S/C12H14N4O6S/c1-21-11-5-10(14-12(15-11)22-2)16-23(19,20)9-4-7(17)6(13)3-8(9)18/h3-5,17-18H,13H2,1-2H3,(H,14,15,16). The van der Waals surface area contributed by atoms with E-state index in [2.05, 4.69) is 14.7 Å². The summed E-state index contributed by atoms with van der Waals surface area (Å²) >= 11 is 0. The molecule has 124 valence electrons. The van der Waals surface area contributed by atoms with Crippen molar-refractivity contribution in [3.05, 3.63) is 18.2 Å². The van der Waals surface area contributed by atoms with Gasteiger partial charge in [-0.2, -0.15) is 9.97 Å². The first-order valence-electron chi connectivity index (χ1n) is 6.08. The third kappa shape index (κ3) is 3.45. The number of rotatable bonds is 5. The zero-order valence-electron chi connectivity index (χ0n) is 12.1. The number of ether oxygens (including phenoxy) is 2. The molecule has 5 N–H and O–H groups in total. The molecule has 0 aliphatic carbocycles. The van der Waals surface area contributed by atoms with Gasteiger partial charge in [0.2, 0.25) is 5.88 Å². The number of anilines is 2. The van der Waals surface area contributed by atoms with Gasteiger partial charge in [-0.05, 0) is 0 Å². The van der Waals surface area contributed by atoms with E-state index in [-0.39, 0.29) is 23.4 Å². The predicted molar refractivity (Wildman–Crippen MR) is 80.1 cm³/mol. The molecule has 0 unspecified atom stereocenters. The van der Waals surface area contributed by atoms with Gasteiger partial charge in [-0.1, -0.05) is 0 Å². The van der Waals surface area contributed by atoms with Gasteiger partial charge in [-0.3, -0.25) is 4.72 Å². The van der Waals surface area contributed by atoms with Crippen LogP contribution in [-0.2, 0) is 10.0 Å². The van der Waals surface area contributed by atoms with E-state index in [4.69, 9.17) is 15.2 Å². The zero-order valence-corrected chi connectivity index (χ0v) is 13.0. The van der Waals surface area contributed by atoms with E-state index in [1.54, 1.807) is 0 Å². The van der Waals surface area contributed by atoms with Crippen LogP contribution in [0.5, 0.6) is 23.4 Å². The van der Waals surface area contributed by atoms with Crippen LogP contribution in [0, 0.1) is 0 Å². The van der Waals surface area contributed by atoms with Crippen LogP contribution in [0.2, 0.25) is 0 Å². The topological polar surface area (TPSA) is 157 Å².